The van der Waals surface area contributed by atoms with E-state index in [1.165, 1.54) is 6.42 Å². The highest BCUT2D eigenvalue weighted by molar-refractivity contribution is 5.76. The molecule has 1 unspecified atom stereocenters. The van der Waals surface area contributed by atoms with Crippen LogP contribution in [0.2, 0.25) is 0 Å². The highest BCUT2D eigenvalue weighted by Gasteiger charge is 2.20. The molecule has 1 fully saturated rings. The highest BCUT2D eigenvalue weighted by atomic mass is 16.5. The lowest BCUT2D eigenvalue weighted by Gasteiger charge is -2.15. The van der Waals surface area contributed by atoms with Crippen LogP contribution in [0.15, 0.2) is 24.4 Å². The standard InChI is InChI=1S/C16H22N4O2/c1-21-13-2-3-14-15(8-13)19-16(10-18-14)22-7-6-20-5-4-12(9-17)11-20/h2-3,8,10,12H,4-7,9,11,17H2,1H3. The maximum absolute atomic E-state index is 5.73. The lowest BCUT2D eigenvalue weighted by atomic mass is 10.1. The lowest BCUT2D eigenvalue weighted by molar-refractivity contribution is 0.227. The summed E-state index contributed by atoms with van der Waals surface area (Å²) in [6.07, 6.45) is 2.85. The van der Waals surface area contributed by atoms with E-state index in [-0.39, 0.29) is 0 Å². The molecular weight excluding hydrogens is 280 g/mol. The Morgan fingerprint density at radius 1 is 1.36 bits per heavy atom. The maximum Gasteiger partial charge on any atom is 0.232 e. The van der Waals surface area contributed by atoms with Crippen LogP contribution < -0.4 is 15.2 Å². The van der Waals surface area contributed by atoms with Crippen LogP contribution in [-0.2, 0) is 0 Å². The first kappa shape index (κ1) is 15.0. The molecular formula is C16H22N4O2. The number of likely N-dealkylation sites (tertiary alicyclic amines) is 1. The van der Waals surface area contributed by atoms with Crippen molar-refractivity contribution in [3.05, 3.63) is 24.4 Å². The number of hydrogen-bond acceptors (Lipinski definition) is 6. The van der Waals surface area contributed by atoms with Gasteiger partial charge in [-0.05, 0) is 37.6 Å². The predicted octanol–water partition coefficient (Wildman–Crippen LogP) is 1.30. The molecule has 118 valence electrons. The molecule has 6 nitrogen and oxygen atoms in total. The molecule has 1 atom stereocenters. The fraction of sp³-hybridized carbons (Fsp3) is 0.500. The monoisotopic (exact) mass is 302 g/mol. The minimum atomic E-state index is 0.551. The number of fused-ring (bicyclic) bond motifs is 1. The van der Waals surface area contributed by atoms with Gasteiger partial charge in [0.05, 0.1) is 24.3 Å². The van der Waals surface area contributed by atoms with Crippen LogP contribution in [-0.4, -0.2) is 54.8 Å². The van der Waals surface area contributed by atoms with Gasteiger partial charge < -0.3 is 15.2 Å². The zero-order valence-corrected chi connectivity index (χ0v) is 12.9. The van der Waals surface area contributed by atoms with E-state index in [2.05, 4.69) is 14.9 Å². The first-order valence-electron chi connectivity index (χ1n) is 7.64. The normalized spacial score (nSPS) is 18.7. The molecule has 1 aromatic heterocycles. The van der Waals surface area contributed by atoms with Crippen LogP contribution in [0.25, 0.3) is 11.0 Å². The number of nitrogens with two attached hydrogens (primary N) is 1. The van der Waals surface area contributed by atoms with Crippen LogP contribution in [0, 0.1) is 5.92 Å². The molecule has 1 aliphatic rings. The van der Waals surface area contributed by atoms with Crippen molar-refractivity contribution in [2.45, 2.75) is 6.42 Å². The number of ether oxygens (including phenoxy) is 2. The Hall–Kier alpha value is -1.92. The molecule has 0 saturated carbocycles. The van der Waals surface area contributed by atoms with Crippen LogP contribution >= 0.6 is 0 Å². The van der Waals surface area contributed by atoms with Gasteiger partial charge in [-0.1, -0.05) is 0 Å². The minimum Gasteiger partial charge on any atom is -0.497 e. The van der Waals surface area contributed by atoms with Crippen LogP contribution in [0.3, 0.4) is 0 Å². The average molecular weight is 302 g/mol. The summed E-state index contributed by atoms with van der Waals surface area (Å²) >= 11 is 0. The number of aromatic nitrogens is 2. The molecule has 22 heavy (non-hydrogen) atoms. The smallest absolute Gasteiger partial charge is 0.232 e. The highest BCUT2D eigenvalue weighted by Crippen LogP contribution is 2.20. The third-order valence-electron chi connectivity index (χ3n) is 4.09. The minimum absolute atomic E-state index is 0.551. The predicted molar refractivity (Wildman–Crippen MR) is 85.2 cm³/mol. The van der Waals surface area contributed by atoms with E-state index in [4.69, 9.17) is 15.2 Å². The topological polar surface area (TPSA) is 73.5 Å². The lowest BCUT2D eigenvalue weighted by Crippen LogP contribution is -2.27. The Morgan fingerprint density at radius 2 is 2.27 bits per heavy atom. The zero-order valence-electron chi connectivity index (χ0n) is 12.9. The van der Waals surface area contributed by atoms with E-state index in [1.807, 2.05) is 18.2 Å². The van der Waals surface area contributed by atoms with E-state index >= 15 is 0 Å². The maximum atomic E-state index is 5.73. The number of benzene rings is 1. The Morgan fingerprint density at radius 3 is 3.05 bits per heavy atom. The molecule has 2 N–H and O–H groups in total. The van der Waals surface area contributed by atoms with Gasteiger partial charge in [-0.25, -0.2) is 9.97 Å². The van der Waals surface area contributed by atoms with Crippen molar-refractivity contribution in [3.63, 3.8) is 0 Å². The Labute approximate surface area is 130 Å². The van der Waals surface area contributed by atoms with Crippen molar-refractivity contribution >= 4 is 11.0 Å². The van der Waals surface area contributed by atoms with Gasteiger partial charge in [0.1, 0.15) is 12.4 Å². The van der Waals surface area contributed by atoms with E-state index in [1.54, 1.807) is 13.3 Å². The largest absolute Gasteiger partial charge is 0.497 e. The van der Waals surface area contributed by atoms with E-state index in [0.29, 0.717) is 18.4 Å². The van der Waals surface area contributed by atoms with Crippen LogP contribution in [0.4, 0.5) is 0 Å². The van der Waals surface area contributed by atoms with Crippen molar-refractivity contribution < 1.29 is 9.47 Å². The van der Waals surface area contributed by atoms with Crippen molar-refractivity contribution in [1.29, 1.82) is 0 Å². The summed E-state index contributed by atoms with van der Waals surface area (Å²) in [6.45, 7) is 4.46. The summed E-state index contributed by atoms with van der Waals surface area (Å²) in [7, 11) is 1.64. The van der Waals surface area contributed by atoms with Gasteiger partial charge in [0, 0.05) is 19.2 Å². The fourth-order valence-corrected chi connectivity index (χ4v) is 2.76. The first-order valence-corrected chi connectivity index (χ1v) is 7.64. The third-order valence-corrected chi connectivity index (χ3v) is 4.09. The van der Waals surface area contributed by atoms with Gasteiger partial charge in [-0.15, -0.1) is 0 Å². The summed E-state index contributed by atoms with van der Waals surface area (Å²) in [4.78, 5) is 11.2. The van der Waals surface area contributed by atoms with Crippen LogP contribution in [0.1, 0.15) is 6.42 Å². The Kier molecular flexibility index (Phi) is 4.70. The van der Waals surface area contributed by atoms with Gasteiger partial charge in [0.2, 0.25) is 5.88 Å². The molecule has 6 heteroatoms. The van der Waals surface area contributed by atoms with Gasteiger partial charge in [0.15, 0.2) is 0 Å². The summed E-state index contributed by atoms with van der Waals surface area (Å²) in [5, 5.41) is 0. The van der Waals surface area contributed by atoms with Crippen molar-refractivity contribution in [2.75, 3.05) is 39.9 Å². The molecule has 1 aromatic carbocycles. The molecule has 2 heterocycles. The number of methoxy groups -OCH3 is 1. The number of nitrogens with zero attached hydrogens (tertiary/aromatic N) is 3. The molecule has 0 spiro atoms. The molecule has 3 rings (SSSR count). The summed E-state index contributed by atoms with van der Waals surface area (Å²) < 4.78 is 10.9. The summed E-state index contributed by atoms with van der Waals surface area (Å²) in [5.74, 6) is 1.95. The molecule has 1 saturated heterocycles. The second-order valence-corrected chi connectivity index (χ2v) is 5.60. The van der Waals surface area contributed by atoms with Gasteiger partial charge in [-0.3, -0.25) is 4.90 Å². The van der Waals surface area contributed by atoms with Crippen molar-refractivity contribution in [3.8, 4) is 11.6 Å². The first-order chi connectivity index (χ1) is 10.8. The molecule has 0 radical (unpaired) electrons. The molecule has 0 amide bonds. The second kappa shape index (κ2) is 6.89. The fourth-order valence-electron chi connectivity index (χ4n) is 2.76. The Bertz CT molecular complexity index is 635. The summed E-state index contributed by atoms with van der Waals surface area (Å²) in [5.41, 5.74) is 7.32. The zero-order chi connectivity index (χ0) is 15.4. The number of hydrogen-bond donors (Lipinski definition) is 1. The molecule has 2 aromatic rings. The van der Waals surface area contributed by atoms with E-state index in [9.17, 15) is 0 Å². The molecule has 1 aliphatic heterocycles. The van der Waals surface area contributed by atoms with E-state index < -0.39 is 0 Å². The van der Waals surface area contributed by atoms with Crippen molar-refractivity contribution in [2.24, 2.45) is 11.7 Å². The van der Waals surface area contributed by atoms with Gasteiger partial charge in [0.25, 0.3) is 0 Å². The summed E-state index contributed by atoms with van der Waals surface area (Å²) in [6, 6.07) is 5.63. The average Bonchev–Trinajstić information content (AvgIpc) is 3.02. The Balaban J connectivity index is 1.57. The van der Waals surface area contributed by atoms with E-state index in [0.717, 1.165) is 43.0 Å². The second-order valence-electron chi connectivity index (χ2n) is 5.60. The SMILES string of the molecule is COc1ccc2ncc(OCCN3CCC(CN)C3)nc2c1. The third kappa shape index (κ3) is 3.45. The number of rotatable bonds is 6. The molecule has 0 aliphatic carbocycles. The molecule has 0 bridgehead atoms. The van der Waals surface area contributed by atoms with Crippen molar-refractivity contribution in [1.82, 2.24) is 14.9 Å². The van der Waals surface area contributed by atoms with Gasteiger partial charge >= 0.3 is 0 Å². The van der Waals surface area contributed by atoms with Gasteiger partial charge in [-0.2, -0.15) is 0 Å². The van der Waals surface area contributed by atoms with Crippen LogP contribution in [0.5, 0.6) is 11.6 Å². The quantitative estimate of drug-likeness (QED) is 0.867.